The first-order valence-corrected chi connectivity index (χ1v) is 6.01. The minimum absolute atomic E-state index is 0.529. The van der Waals surface area contributed by atoms with Gasteiger partial charge in [0.2, 0.25) is 0 Å². The van der Waals surface area contributed by atoms with Crippen LogP contribution >= 0.6 is 0 Å². The van der Waals surface area contributed by atoms with Crippen molar-refractivity contribution in [1.29, 1.82) is 0 Å². The number of hydrogen-bond acceptors (Lipinski definition) is 1. The van der Waals surface area contributed by atoms with Gasteiger partial charge in [-0.1, -0.05) is 0 Å². The molecule has 0 saturated carbocycles. The second-order valence-electron chi connectivity index (χ2n) is 2.97. The van der Waals surface area contributed by atoms with Gasteiger partial charge in [0.25, 0.3) is 0 Å². The molecule has 0 amide bonds. The van der Waals surface area contributed by atoms with Crippen LogP contribution in [-0.2, 0) is 0 Å². The van der Waals surface area contributed by atoms with E-state index in [1.165, 1.54) is 15.0 Å². The van der Waals surface area contributed by atoms with Crippen molar-refractivity contribution < 1.29 is 0 Å². The molecular formula is C11H7NSe. The molecule has 0 bridgehead atoms. The topological polar surface area (TPSA) is 12.9 Å². The molecule has 1 nitrogen and oxygen atoms in total. The molecule has 2 heteroatoms. The third-order valence-corrected chi connectivity index (χ3v) is 4.05. The van der Waals surface area contributed by atoms with Crippen molar-refractivity contribution in [3.8, 4) is 0 Å². The fraction of sp³-hybridized carbons (Fsp3) is 0. The van der Waals surface area contributed by atoms with Crippen LogP contribution in [0.4, 0.5) is 0 Å². The predicted molar refractivity (Wildman–Crippen MR) is 56.2 cm³/mol. The summed E-state index contributed by atoms with van der Waals surface area (Å²) < 4.78 is 1.46. The van der Waals surface area contributed by atoms with Crippen LogP contribution in [0.25, 0.3) is 20.5 Å². The van der Waals surface area contributed by atoms with E-state index in [2.05, 4.69) is 34.2 Å². The second kappa shape index (κ2) is 2.69. The molecule has 0 saturated heterocycles. The van der Waals surface area contributed by atoms with Crippen molar-refractivity contribution in [2.45, 2.75) is 0 Å². The standard InChI is InChI=1S/C11H7NSe/c1-2-8-3-4-10-9(5-7-13-10)11(8)12-6-1/h1-7H. The third kappa shape index (κ3) is 1.03. The van der Waals surface area contributed by atoms with Crippen molar-refractivity contribution in [3.63, 3.8) is 0 Å². The zero-order valence-corrected chi connectivity index (χ0v) is 8.61. The number of hydrogen-bond donors (Lipinski definition) is 0. The summed E-state index contributed by atoms with van der Waals surface area (Å²) in [6, 6.07) is 10.7. The first-order chi connectivity index (χ1) is 6.45. The molecular weight excluding hydrogens is 225 g/mol. The molecule has 0 aliphatic rings. The molecule has 0 unspecified atom stereocenters. The van der Waals surface area contributed by atoms with Crippen molar-refractivity contribution in [1.82, 2.24) is 4.98 Å². The van der Waals surface area contributed by atoms with E-state index in [0.29, 0.717) is 14.5 Å². The number of fused-ring (bicyclic) bond motifs is 3. The van der Waals surface area contributed by atoms with E-state index in [4.69, 9.17) is 0 Å². The number of rotatable bonds is 0. The first kappa shape index (κ1) is 7.31. The molecule has 0 aliphatic heterocycles. The van der Waals surface area contributed by atoms with Gasteiger partial charge in [0.05, 0.1) is 0 Å². The Balaban J connectivity index is 2.65. The molecule has 0 fully saturated rings. The molecule has 3 rings (SSSR count). The third-order valence-electron chi connectivity index (χ3n) is 2.20. The fourth-order valence-corrected chi connectivity index (χ4v) is 3.24. The predicted octanol–water partition coefficient (Wildman–Crippen LogP) is 2.45. The summed E-state index contributed by atoms with van der Waals surface area (Å²) in [5, 5.41) is 2.57. The number of aromatic nitrogens is 1. The molecule has 0 atom stereocenters. The summed E-state index contributed by atoms with van der Waals surface area (Å²) in [4.78, 5) is 6.67. The zero-order chi connectivity index (χ0) is 8.67. The van der Waals surface area contributed by atoms with Crippen molar-refractivity contribution in [3.05, 3.63) is 41.5 Å². The Hall–Kier alpha value is -1.11. The Morgan fingerprint density at radius 2 is 2.08 bits per heavy atom. The van der Waals surface area contributed by atoms with Gasteiger partial charge in [-0.3, -0.25) is 0 Å². The van der Waals surface area contributed by atoms with Crippen LogP contribution in [0.15, 0.2) is 41.5 Å². The van der Waals surface area contributed by atoms with Gasteiger partial charge in [-0.05, 0) is 0 Å². The van der Waals surface area contributed by atoms with Crippen LogP contribution in [0, 0.1) is 0 Å². The van der Waals surface area contributed by atoms with Crippen LogP contribution in [0.3, 0.4) is 0 Å². The molecule has 2 aromatic heterocycles. The van der Waals surface area contributed by atoms with Crippen LogP contribution in [-0.4, -0.2) is 19.5 Å². The normalized spacial score (nSPS) is 11.1. The van der Waals surface area contributed by atoms with E-state index >= 15 is 0 Å². The van der Waals surface area contributed by atoms with Crippen molar-refractivity contribution in [2.24, 2.45) is 0 Å². The van der Waals surface area contributed by atoms with Gasteiger partial charge in [-0.25, -0.2) is 0 Å². The second-order valence-corrected chi connectivity index (χ2v) is 4.96. The molecule has 0 radical (unpaired) electrons. The molecule has 3 aromatic rings. The quantitative estimate of drug-likeness (QED) is 0.542. The molecule has 1 aromatic carbocycles. The monoisotopic (exact) mass is 233 g/mol. The first-order valence-electron chi connectivity index (χ1n) is 4.16. The van der Waals surface area contributed by atoms with E-state index in [0.717, 1.165) is 5.52 Å². The van der Waals surface area contributed by atoms with E-state index in [1.807, 2.05) is 12.3 Å². The molecule has 13 heavy (non-hydrogen) atoms. The fourth-order valence-electron chi connectivity index (χ4n) is 1.59. The Labute approximate surface area is 81.8 Å². The summed E-state index contributed by atoms with van der Waals surface area (Å²) in [6.07, 6.45) is 1.86. The van der Waals surface area contributed by atoms with Crippen LogP contribution < -0.4 is 0 Å². The van der Waals surface area contributed by atoms with E-state index in [-0.39, 0.29) is 0 Å². The van der Waals surface area contributed by atoms with E-state index in [1.54, 1.807) is 0 Å². The van der Waals surface area contributed by atoms with Crippen LogP contribution in [0.2, 0.25) is 0 Å². The summed E-state index contributed by atoms with van der Waals surface area (Å²) in [5.41, 5.74) is 1.15. The average molecular weight is 232 g/mol. The number of pyridine rings is 1. The van der Waals surface area contributed by atoms with Gasteiger partial charge in [-0.15, -0.1) is 0 Å². The van der Waals surface area contributed by atoms with Gasteiger partial charge in [0.15, 0.2) is 0 Å². The van der Waals surface area contributed by atoms with E-state index in [9.17, 15) is 0 Å². The maximum atomic E-state index is 4.41. The van der Waals surface area contributed by atoms with Gasteiger partial charge >= 0.3 is 81.5 Å². The number of nitrogens with zero attached hydrogens (tertiary/aromatic N) is 1. The zero-order valence-electron chi connectivity index (χ0n) is 6.90. The molecule has 2 heterocycles. The van der Waals surface area contributed by atoms with Crippen molar-refractivity contribution >= 4 is 35.1 Å². The minimum atomic E-state index is 0.529. The molecule has 0 aliphatic carbocycles. The van der Waals surface area contributed by atoms with E-state index < -0.39 is 0 Å². The average Bonchev–Trinajstić information content (AvgIpc) is 2.65. The van der Waals surface area contributed by atoms with Gasteiger partial charge in [0.1, 0.15) is 0 Å². The number of benzene rings is 1. The van der Waals surface area contributed by atoms with Gasteiger partial charge in [-0.2, -0.15) is 0 Å². The Kier molecular flexibility index (Phi) is 1.51. The molecule has 62 valence electrons. The SMILES string of the molecule is c1cnc2c(c1)ccc1[se]ccc12. The van der Waals surface area contributed by atoms with Gasteiger partial charge in [0, 0.05) is 0 Å². The Bertz CT molecular complexity index is 568. The Morgan fingerprint density at radius 3 is 3.08 bits per heavy atom. The summed E-state index contributed by atoms with van der Waals surface area (Å²) >= 11 is 0.529. The summed E-state index contributed by atoms with van der Waals surface area (Å²) in [5.74, 6) is 0. The summed E-state index contributed by atoms with van der Waals surface area (Å²) in [6.45, 7) is 0. The van der Waals surface area contributed by atoms with Crippen molar-refractivity contribution in [2.75, 3.05) is 0 Å². The maximum absolute atomic E-state index is 4.41. The molecule has 0 spiro atoms. The van der Waals surface area contributed by atoms with Crippen LogP contribution in [0.1, 0.15) is 0 Å². The summed E-state index contributed by atoms with van der Waals surface area (Å²) in [7, 11) is 0. The Morgan fingerprint density at radius 1 is 1.08 bits per heavy atom. The van der Waals surface area contributed by atoms with Crippen LogP contribution in [0.5, 0.6) is 0 Å². The van der Waals surface area contributed by atoms with Gasteiger partial charge < -0.3 is 0 Å². The molecule has 0 N–H and O–H groups in total.